The summed E-state index contributed by atoms with van der Waals surface area (Å²) in [6, 6.07) is 43.9. The first kappa shape index (κ1) is 31.3. The van der Waals surface area contributed by atoms with E-state index in [-0.39, 0.29) is 11.2 Å². The molecule has 2 heterocycles. The largest absolute Gasteiger partial charge is 0.507 e. The molecule has 1 N–H and O–H groups in total. The molecule has 0 bridgehead atoms. The third kappa shape index (κ3) is 5.86. The predicted octanol–water partition coefficient (Wildman–Crippen LogP) is 10.6. The molecule has 0 spiro atoms. The molecule has 238 valence electrons. The standard InChI is InChI=1S/C43H41N3OSi/c1-43(2,3)32-25-30(24-31(26-32)37-27-36(29-16-9-7-10-17-29)40(28-44-37)48(4,5)6)34-21-15-22-38-41(34)45-42(35-20-13-14-23-39(35)47)46(38)33-18-11-8-12-19-33/h7-28,47H,1-6H3. The highest BCUT2D eigenvalue weighted by molar-refractivity contribution is 6.89. The maximum absolute atomic E-state index is 11.0. The van der Waals surface area contributed by atoms with Gasteiger partial charge in [0, 0.05) is 23.0 Å². The molecule has 0 saturated carbocycles. The number of pyridine rings is 1. The van der Waals surface area contributed by atoms with Crippen LogP contribution in [0.2, 0.25) is 19.6 Å². The molecule has 48 heavy (non-hydrogen) atoms. The summed E-state index contributed by atoms with van der Waals surface area (Å²) in [6.07, 6.45) is 2.12. The lowest BCUT2D eigenvalue weighted by molar-refractivity contribution is 0.477. The average Bonchev–Trinajstić information content (AvgIpc) is 3.47. The van der Waals surface area contributed by atoms with Gasteiger partial charge in [0.25, 0.3) is 0 Å². The summed E-state index contributed by atoms with van der Waals surface area (Å²) >= 11 is 0. The zero-order valence-electron chi connectivity index (χ0n) is 28.5. The zero-order valence-corrected chi connectivity index (χ0v) is 29.5. The van der Waals surface area contributed by atoms with Crippen LogP contribution >= 0.6 is 0 Å². The normalized spacial score (nSPS) is 12.0. The van der Waals surface area contributed by atoms with E-state index in [9.17, 15) is 5.11 Å². The summed E-state index contributed by atoms with van der Waals surface area (Å²) in [5.41, 5.74) is 11.3. The lowest BCUT2D eigenvalue weighted by Gasteiger charge is -2.23. The second kappa shape index (κ2) is 12.1. The van der Waals surface area contributed by atoms with E-state index in [0.717, 1.165) is 39.1 Å². The summed E-state index contributed by atoms with van der Waals surface area (Å²) in [5, 5.41) is 12.3. The van der Waals surface area contributed by atoms with Crippen LogP contribution in [0.15, 0.2) is 134 Å². The fourth-order valence-electron chi connectivity index (χ4n) is 6.45. The van der Waals surface area contributed by atoms with Crippen molar-refractivity contribution in [1.29, 1.82) is 0 Å². The van der Waals surface area contributed by atoms with Crippen LogP contribution in [0.3, 0.4) is 0 Å². The lowest BCUT2D eigenvalue weighted by atomic mass is 9.83. The molecule has 0 fully saturated rings. The van der Waals surface area contributed by atoms with Crippen molar-refractivity contribution in [3.63, 3.8) is 0 Å². The second-order valence-corrected chi connectivity index (χ2v) is 19.6. The van der Waals surface area contributed by atoms with Crippen LogP contribution in [-0.4, -0.2) is 27.7 Å². The monoisotopic (exact) mass is 643 g/mol. The Morgan fingerprint density at radius 3 is 1.96 bits per heavy atom. The predicted molar refractivity (Wildman–Crippen MR) is 204 cm³/mol. The first-order chi connectivity index (χ1) is 23.0. The van der Waals surface area contributed by atoms with E-state index in [1.807, 2.05) is 36.4 Å². The van der Waals surface area contributed by atoms with Crippen LogP contribution in [0.25, 0.3) is 61.6 Å². The van der Waals surface area contributed by atoms with Gasteiger partial charge in [-0.1, -0.05) is 119 Å². The fourth-order valence-corrected chi connectivity index (χ4v) is 7.92. The molecular weight excluding hydrogens is 603 g/mol. The van der Waals surface area contributed by atoms with E-state index in [2.05, 4.69) is 136 Å². The first-order valence-electron chi connectivity index (χ1n) is 16.6. The van der Waals surface area contributed by atoms with Gasteiger partial charge in [-0.05, 0) is 81.4 Å². The molecule has 0 aliphatic heterocycles. The van der Waals surface area contributed by atoms with E-state index in [1.165, 1.54) is 21.9 Å². The van der Waals surface area contributed by atoms with Crippen molar-refractivity contribution in [2.75, 3.05) is 0 Å². The smallest absolute Gasteiger partial charge is 0.149 e. The number of hydrogen-bond donors (Lipinski definition) is 1. The number of imidazole rings is 1. The molecule has 2 aromatic heterocycles. The van der Waals surface area contributed by atoms with Gasteiger partial charge < -0.3 is 5.11 Å². The Morgan fingerprint density at radius 1 is 0.625 bits per heavy atom. The number of aromatic nitrogens is 3. The SMILES string of the molecule is CC(C)(C)c1cc(-c2cc(-c3ccccc3)c([Si](C)(C)C)cn2)cc(-c2cccc3c2nc(-c2ccccc2O)n3-c2ccccc2)c1. The number of phenols is 1. The molecule has 5 heteroatoms. The van der Waals surface area contributed by atoms with Crippen molar-refractivity contribution >= 4 is 24.3 Å². The Kier molecular flexibility index (Phi) is 7.88. The number of fused-ring (bicyclic) bond motifs is 1. The Balaban J connectivity index is 1.48. The summed E-state index contributed by atoms with van der Waals surface area (Å²) in [5.74, 6) is 0.899. The van der Waals surface area contributed by atoms with Crippen LogP contribution in [0, 0.1) is 0 Å². The summed E-state index contributed by atoms with van der Waals surface area (Å²) < 4.78 is 2.14. The van der Waals surface area contributed by atoms with Gasteiger partial charge in [-0.25, -0.2) is 4.98 Å². The van der Waals surface area contributed by atoms with E-state index in [1.54, 1.807) is 6.07 Å². The molecule has 7 rings (SSSR count). The van der Waals surface area contributed by atoms with Crippen molar-refractivity contribution in [3.05, 3.63) is 139 Å². The van der Waals surface area contributed by atoms with Crippen LogP contribution in [-0.2, 0) is 5.41 Å². The number of phenolic OH excluding ortho intramolecular Hbond substituents is 1. The molecule has 5 aromatic carbocycles. The van der Waals surface area contributed by atoms with Crippen LogP contribution < -0.4 is 5.19 Å². The minimum Gasteiger partial charge on any atom is -0.507 e. The maximum Gasteiger partial charge on any atom is 0.149 e. The molecule has 7 aromatic rings. The average molecular weight is 644 g/mol. The fraction of sp³-hybridized carbons (Fsp3) is 0.163. The summed E-state index contributed by atoms with van der Waals surface area (Å²) in [4.78, 5) is 10.4. The third-order valence-corrected chi connectivity index (χ3v) is 11.1. The van der Waals surface area contributed by atoms with Crippen LogP contribution in [0.1, 0.15) is 26.3 Å². The van der Waals surface area contributed by atoms with Gasteiger partial charge in [0.05, 0.1) is 30.4 Å². The van der Waals surface area contributed by atoms with Gasteiger partial charge in [0.15, 0.2) is 0 Å². The topological polar surface area (TPSA) is 50.9 Å². The third-order valence-electron chi connectivity index (χ3n) is 9.05. The molecule has 0 unspecified atom stereocenters. The number of aromatic hydroxyl groups is 1. The van der Waals surface area contributed by atoms with E-state index in [0.29, 0.717) is 11.4 Å². The Morgan fingerprint density at radius 2 is 1.27 bits per heavy atom. The zero-order chi connectivity index (χ0) is 33.6. The van der Waals surface area contributed by atoms with E-state index < -0.39 is 8.07 Å². The van der Waals surface area contributed by atoms with Crippen molar-refractivity contribution in [3.8, 4) is 56.3 Å². The van der Waals surface area contributed by atoms with Crippen molar-refractivity contribution in [1.82, 2.24) is 14.5 Å². The number of benzene rings is 5. The Bertz CT molecular complexity index is 2260. The Labute approximate surface area is 284 Å². The number of para-hydroxylation sites is 3. The quantitative estimate of drug-likeness (QED) is 0.184. The maximum atomic E-state index is 11.0. The minimum atomic E-state index is -1.67. The second-order valence-electron chi connectivity index (χ2n) is 14.6. The van der Waals surface area contributed by atoms with Gasteiger partial charge in [0.2, 0.25) is 0 Å². The molecule has 0 radical (unpaired) electrons. The molecule has 0 amide bonds. The van der Waals surface area contributed by atoms with Crippen LogP contribution in [0.5, 0.6) is 5.75 Å². The Hall–Kier alpha value is -5.26. The highest BCUT2D eigenvalue weighted by Crippen LogP contribution is 2.40. The minimum absolute atomic E-state index is 0.0937. The first-order valence-corrected chi connectivity index (χ1v) is 20.1. The van der Waals surface area contributed by atoms with E-state index in [4.69, 9.17) is 9.97 Å². The molecule has 0 aliphatic carbocycles. The van der Waals surface area contributed by atoms with E-state index >= 15 is 0 Å². The lowest BCUT2D eigenvalue weighted by Crippen LogP contribution is -2.39. The molecule has 0 atom stereocenters. The highest BCUT2D eigenvalue weighted by atomic mass is 28.3. The van der Waals surface area contributed by atoms with Gasteiger partial charge in [-0.3, -0.25) is 9.55 Å². The summed E-state index contributed by atoms with van der Waals surface area (Å²) in [7, 11) is -1.67. The van der Waals surface area contributed by atoms with Crippen LogP contribution in [0.4, 0.5) is 0 Å². The van der Waals surface area contributed by atoms with Gasteiger partial charge >= 0.3 is 0 Å². The number of nitrogens with zero attached hydrogens (tertiary/aromatic N) is 3. The molecule has 4 nitrogen and oxygen atoms in total. The number of rotatable bonds is 6. The molecular formula is C43H41N3OSi. The van der Waals surface area contributed by atoms with Gasteiger partial charge in [-0.2, -0.15) is 0 Å². The van der Waals surface area contributed by atoms with Crippen molar-refractivity contribution in [2.24, 2.45) is 0 Å². The van der Waals surface area contributed by atoms with Crippen molar-refractivity contribution in [2.45, 2.75) is 45.8 Å². The molecule has 0 aliphatic rings. The number of hydrogen-bond acceptors (Lipinski definition) is 3. The van der Waals surface area contributed by atoms with Crippen molar-refractivity contribution < 1.29 is 5.11 Å². The van der Waals surface area contributed by atoms with Gasteiger partial charge in [0.1, 0.15) is 11.6 Å². The highest BCUT2D eigenvalue weighted by Gasteiger charge is 2.24. The molecule has 0 saturated heterocycles. The van der Waals surface area contributed by atoms with Gasteiger partial charge in [-0.15, -0.1) is 0 Å². The summed E-state index contributed by atoms with van der Waals surface area (Å²) in [6.45, 7) is 13.9.